The first-order valence-corrected chi connectivity index (χ1v) is 8.79. The van der Waals surface area contributed by atoms with E-state index in [1.165, 1.54) is 12.1 Å². The van der Waals surface area contributed by atoms with Crippen LogP contribution in [0.25, 0.3) is 5.57 Å². The predicted octanol–water partition coefficient (Wildman–Crippen LogP) is 6.15. The van der Waals surface area contributed by atoms with Crippen molar-refractivity contribution in [1.29, 1.82) is 0 Å². The topological polar surface area (TPSA) is 3.24 Å². The molecule has 0 unspecified atom stereocenters. The molecule has 0 saturated heterocycles. The van der Waals surface area contributed by atoms with Crippen LogP contribution >= 0.6 is 12.4 Å². The molecule has 5 heteroatoms. The SMILES string of the molecule is CN(C)CC/C=C1/c2ccccc2C(C)(C)c2ccc(C(F)(F)F)cc21.Cl. The normalized spacial score (nSPS) is 16.7. The summed E-state index contributed by atoms with van der Waals surface area (Å²) in [6.45, 7) is 5.01. The highest BCUT2D eigenvalue weighted by atomic mass is 35.5. The summed E-state index contributed by atoms with van der Waals surface area (Å²) in [5.74, 6) is 0. The van der Waals surface area contributed by atoms with Crippen molar-refractivity contribution in [2.75, 3.05) is 20.6 Å². The Hall–Kier alpha value is -1.78. The molecule has 2 aromatic carbocycles. The van der Waals surface area contributed by atoms with Crippen LogP contribution in [0.1, 0.15) is 48.1 Å². The van der Waals surface area contributed by atoms with Gasteiger partial charge < -0.3 is 4.90 Å². The lowest BCUT2D eigenvalue weighted by atomic mass is 9.67. The average molecular weight is 396 g/mol. The molecule has 0 radical (unpaired) electrons. The number of fused-ring (bicyclic) bond motifs is 2. The lowest BCUT2D eigenvalue weighted by Gasteiger charge is -2.37. The Balaban J connectivity index is 0.00000261. The summed E-state index contributed by atoms with van der Waals surface area (Å²) < 4.78 is 39.9. The van der Waals surface area contributed by atoms with E-state index in [1.807, 2.05) is 32.3 Å². The van der Waals surface area contributed by atoms with Gasteiger partial charge in [0.25, 0.3) is 0 Å². The molecule has 0 N–H and O–H groups in total. The lowest BCUT2D eigenvalue weighted by molar-refractivity contribution is -0.137. The van der Waals surface area contributed by atoms with Crippen LogP contribution in [0.3, 0.4) is 0 Å². The molecule has 0 spiro atoms. The van der Waals surface area contributed by atoms with Gasteiger partial charge in [-0.25, -0.2) is 0 Å². The number of alkyl halides is 3. The number of hydrogen-bond acceptors (Lipinski definition) is 1. The third-order valence-electron chi connectivity index (χ3n) is 5.13. The molecule has 0 aromatic heterocycles. The van der Waals surface area contributed by atoms with Crippen LogP contribution in [0.15, 0.2) is 48.5 Å². The van der Waals surface area contributed by atoms with Gasteiger partial charge in [-0.15, -0.1) is 12.4 Å². The van der Waals surface area contributed by atoms with Gasteiger partial charge in [-0.3, -0.25) is 0 Å². The van der Waals surface area contributed by atoms with Crippen LogP contribution in [0.4, 0.5) is 13.2 Å². The van der Waals surface area contributed by atoms with E-state index in [0.717, 1.165) is 35.2 Å². The van der Waals surface area contributed by atoms with Crippen LogP contribution < -0.4 is 0 Å². The fourth-order valence-corrected chi connectivity index (χ4v) is 3.73. The highest BCUT2D eigenvalue weighted by Crippen LogP contribution is 2.47. The molecule has 0 saturated carbocycles. The minimum absolute atomic E-state index is 0. The van der Waals surface area contributed by atoms with Crippen molar-refractivity contribution in [3.8, 4) is 0 Å². The fourth-order valence-electron chi connectivity index (χ4n) is 3.73. The summed E-state index contributed by atoms with van der Waals surface area (Å²) in [6.07, 6.45) is -1.48. The van der Waals surface area contributed by atoms with E-state index < -0.39 is 11.7 Å². The van der Waals surface area contributed by atoms with E-state index in [9.17, 15) is 13.2 Å². The van der Waals surface area contributed by atoms with Crippen LogP contribution in [-0.2, 0) is 11.6 Å². The van der Waals surface area contributed by atoms with E-state index >= 15 is 0 Å². The van der Waals surface area contributed by atoms with Gasteiger partial charge in [-0.05, 0) is 60.5 Å². The highest BCUT2D eigenvalue weighted by Gasteiger charge is 2.37. The lowest BCUT2D eigenvalue weighted by Crippen LogP contribution is -2.27. The van der Waals surface area contributed by atoms with Gasteiger partial charge in [-0.1, -0.05) is 50.3 Å². The standard InChI is InChI=1S/C22H24F3N.ClH/c1-21(2)19-10-6-5-8-17(19)16(9-7-13-26(3)4)18-14-15(22(23,24)25)11-12-20(18)21;/h5-6,8-12,14H,7,13H2,1-4H3;1H/b16-9-;. The molecule has 3 rings (SSSR count). The smallest absolute Gasteiger partial charge is 0.309 e. The van der Waals surface area contributed by atoms with Gasteiger partial charge in [0.15, 0.2) is 0 Å². The molecule has 0 fully saturated rings. The van der Waals surface area contributed by atoms with E-state index in [1.54, 1.807) is 6.07 Å². The van der Waals surface area contributed by atoms with Gasteiger partial charge in [0.05, 0.1) is 5.56 Å². The van der Waals surface area contributed by atoms with Crippen molar-refractivity contribution in [2.24, 2.45) is 0 Å². The van der Waals surface area contributed by atoms with Gasteiger partial charge in [0.2, 0.25) is 0 Å². The zero-order valence-electron chi connectivity index (χ0n) is 16.0. The third-order valence-corrected chi connectivity index (χ3v) is 5.13. The quantitative estimate of drug-likeness (QED) is 0.602. The number of rotatable bonds is 3. The molecule has 146 valence electrons. The molecule has 0 amide bonds. The Morgan fingerprint density at radius 2 is 1.59 bits per heavy atom. The molecule has 1 aliphatic carbocycles. The molecule has 2 aromatic rings. The van der Waals surface area contributed by atoms with Crippen LogP contribution in [0, 0.1) is 0 Å². The monoisotopic (exact) mass is 395 g/mol. The van der Waals surface area contributed by atoms with Crippen molar-refractivity contribution >= 4 is 18.0 Å². The molecule has 1 aliphatic rings. The molecule has 27 heavy (non-hydrogen) atoms. The first-order valence-electron chi connectivity index (χ1n) is 8.79. The zero-order chi connectivity index (χ0) is 19.1. The Bertz CT molecular complexity index is 851. The first-order chi connectivity index (χ1) is 12.1. The molecule has 0 atom stereocenters. The minimum Gasteiger partial charge on any atom is -0.309 e. The molecule has 1 nitrogen and oxygen atoms in total. The Kier molecular flexibility index (Phi) is 6.13. The second kappa shape index (κ2) is 7.69. The maximum atomic E-state index is 13.3. The van der Waals surface area contributed by atoms with Crippen molar-refractivity contribution in [1.82, 2.24) is 4.90 Å². The summed E-state index contributed by atoms with van der Waals surface area (Å²) in [5.41, 5.74) is 3.80. The average Bonchev–Trinajstić information content (AvgIpc) is 2.56. The van der Waals surface area contributed by atoms with E-state index in [0.29, 0.717) is 5.56 Å². The van der Waals surface area contributed by atoms with Crippen molar-refractivity contribution in [2.45, 2.75) is 31.9 Å². The number of benzene rings is 2. The second-order valence-corrected chi connectivity index (χ2v) is 7.64. The first kappa shape index (κ1) is 21.5. The van der Waals surface area contributed by atoms with Crippen molar-refractivity contribution in [3.05, 3.63) is 76.4 Å². The molecule has 0 heterocycles. The van der Waals surface area contributed by atoms with Crippen LogP contribution in [-0.4, -0.2) is 25.5 Å². The molecular formula is C22H25ClF3N. The van der Waals surface area contributed by atoms with Gasteiger partial charge >= 0.3 is 6.18 Å². The third kappa shape index (κ3) is 4.07. The van der Waals surface area contributed by atoms with Gasteiger partial charge in [0, 0.05) is 12.0 Å². The Morgan fingerprint density at radius 1 is 0.963 bits per heavy atom. The minimum atomic E-state index is -4.34. The fraction of sp³-hybridized carbons (Fsp3) is 0.364. The van der Waals surface area contributed by atoms with Crippen molar-refractivity contribution in [3.63, 3.8) is 0 Å². The van der Waals surface area contributed by atoms with Crippen LogP contribution in [0.5, 0.6) is 0 Å². The molecule has 0 aliphatic heterocycles. The summed E-state index contributed by atoms with van der Waals surface area (Å²) in [5, 5.41) is 0. The van der Waals surface area contributed by atoms with E-state index in [-0.39, 0.29) is 17.8 Å². The zero-order valence-corrected chi connectivity index (χ0v) is 16.8. The second-order valence-electron chi connectivity index (χ2n) is 7.64. The Labute approximate surface area is 165 Å². The summed E-state index contributed by atoms with van der Waals surface area (Å²) in [7, 11) is 3.98. The maximum Gasteiger partial charge on any atom is 0.416 e. The highest BCUT2D eigenvalue weighted by molar-refractivity contribution is 5.87. The summed E-state index contributed by atoms with van der Waals surface area (Å²) in [4.78, 5) is 2.07. The summed E-state index contributed by atoms with van der Waals surface area (Å²) >= 11 is 0. The number of halogens is 4. The largest absolute Gasteiger partial charge is 0.416 e. The summed E-state index contributed by atoms with van der Waals surface area (Å²) in [6, 6.07) is 12.2. The molecular weight excluding hydrogens is 371 g/mol. The van der Waals surface area contributed by atoms with Crippen molar-refractivity contribution < 1.29 is 13.2 Å². The number of hydrogen-bond donors (Lipinski definition) is 0. The predicted molar refractivity (Wildman–Crippen MR) is 108 cm³/mol. The number of nitrogens with zero attached hydrogens (tertiary/aromatic N) is 1. The van der Waals surface area contributed by atoms with Crippen LogP contribution in [0.2, 0.25) is 0 Å². The van der Waals surface area contributed by atoms with E-state index in [2.05, 4.69) is 30.9 Å². The molecule has 0 bridgehead atoms. The Morgan fingerprint density at radius 3 is 2.22 bits per heavy atom. The maximum absolute atomic E-state index is 13.3. The van der Waals surface area contributed by atoms with Gasteiger partial charge in [0.1, 0.15) is 0 Å². The van der Waals surface area contributed by atoms with Gasteiger partial charge in [-0.2, -0.15) is 13.2 Å². The van der Waals surface area contributed by atoms with E-state index in [4.69, 9.17) is 0 Å².